The summed E-state index contributed by atoms with van der Waals surface area (Å²) >= 11 is 0. The Morgan fingerprint density at radius 3 is 3.07 bits per heavy atom. The summed E-state index contributed by atoms with van der Waals surface area (Å²) < 4.78 is 11.2. The Morgan fingerprint density at radius 2 is 2.36 bits per heavy atom. The Hall–Kier alpha value is -0.960. The third kappa shape index (κ3) is 1.77. The summed E-state index contributed by atoms with van der Waals surface area (Å²) in [5.74, 6) is 2.42. The van der Waals surface area contributed by atoms with Crippen molar-refractivity contribution in [2.24, 2.45) is 5.92 Å². The summed E-state index contributed by atoms with van der Waals surface area (Å²) in [5.41, 5.74) is 0. The van der Waals surface area contributed by atoms with Gasteiger partial charge in [-0.05, 0) is 12.3 Å². The number of allylic oxidation sites excluding steroid dienone is 3. The first-order chi connectivity index (χ1) is 6.83. The fourth-order valence-electron chi connectivity index (χ4n) is 1.89. The number of ether oxygens (including phenoxy) is 2. The smallest absolute Gasteiger partial charge is 0.155 e. The van der Waals surface area contributed by atoms with Gasteiger partial charge in [-0.25, -0.2) is 0 Å². The van der Waals surface area contributed by atoms with Crippen molar-refractivity contribution < 1.29 is 14.6 Å². The van der Waals surface area contributed by atoms with Crippen LogP contribution in [0.5, 0.6) is 0 Å². The lowest BCUT2D eigenvalue weighted by atomic mass is 9.91. The second kappa shape index (κ2) is 4.05. The monoisotopic (exact) mass is 196 g/mol. The summed E-state index contributed by atoms with van der Waals surface area (Å²) in [7, 11) is 0. The molecule has 3 heteroatoms. The van der Waals surface area contributed by atoms with E-state index in [-0.39, 0.29) is 12.7 Å². The summed E-state index contributed by atoms with van der Waals surface area (Å²) in [6, 6.07) is 0. The molecule has 0 spiro atoms. The molecule has 0 saturated heterocycles. The van der Waals surface area contributed by atoms with Crippen molar-refractivity contribution in [1.29, 1.82) is 0 Å². The van der Waals surface area contributed by atoms with E-state index in [0.717, 1.165) is 30.8 Å². The van der Waals surface area contributed by atoms with Gasteiger partial charge in [0, 0.05) is 12.8 Å². The van der Waals surface area contributed by atoms with Gasteiger partial charge in [0.05, 0.1) is 6.61 Å². The fourth-order valence-corrected chi connectivity index (χ4v) is 1.89. The van der Waals surface area contributed by atoms with Crippen LogP contribution in [0.15, 0.2) is 24.2 Å². The quantitative estimate of drug-likeness (QED) is 0.682. The van der Waals surface area contributed by atoms with E-state index < -0.39 is 0 Å². The molecule has 0 amide bonds. The van der Waals surface area contributed by atoms with Crippen molar-refractivity contribution in [3.8, 4) is 0 Å². The van der Waals surface area contributed by atoms with Crippen molar-refractivity contribution in [2.75, 3.05) is 13.2 Å². The van der Waals surface area contributed by atoms with Crippen molar-refractivity contribution in [3.63, 3.8) is 0 Å². The Balaban J connectivity index is 2.05. The van der Waals surface area contributed by atoms with Gasteiger partial charge < -0.3 is 14.6 Å². The molecule has 1 aliphatic carbocycles. The minimum absolute atomic E-state index is 0.0294. The van der Waals surface area contributed by atoms with Crippen molar-refractivity contribution >= 4 is 0 Å². The SMILES string of the molecule is C=CC1CCC2=C(C1)OCC(CO)O2. The number of aliphatic hydroxyl groups is 1. The molecular formula is C11H16O3. The molecule has 78 valence electrons. The molecule has 0 saturated carbocycles. The van der Waals surface area contributed by atoms with Crippen LogP contribution in [-0.4, -0.2) is 24.4 Å². The first-order valence-corrected chi connectivity index (χ1v) is 5.08. The van der Waals surface area contributed by atoms with E-state index in [0.29, 0.717) is 12.5 Å². The average molecular weight is 196 g/mol. The van der Waals surface area contributed by atoms with Crippen LogP contribution in [0, 0.1) is 5.92 Å². The maximum absolute atomic E-state index is 8.94. The minimum Gasteiger partial charge on any atom is -0.490 e. The van der Waals surface area contributed by atoms with Crippen molar-refractivity contribution in [2.45, 2.75) is 25.4 Å². The van der Waals surface area contributed by atoms with Crippen LogP contribution in [0.3, 0.4) is 0 Å². The van der Waals surface area contributed by atoms with Crippen LogP contribution in [0.1, 0.15) is 19.3 Å². The molecule has 1 N–H and O–H groups in total. The second-order valence-electron chi connectivity index (χ2n) is 3.82. The van der Waals surface area contributed by atoms with Gasteiger partial charge in [-0.2, -0.15) is 0 Å². The molecule has 0 radical (unpaired) electrons. The van der Waals surface area contributed by atoms with E-state index >= 15 is 0 Å². The predicted octanol–water partition coefficient (Wildman–Crippen LogP) is 1.59. The zero-order valence-corrected chi connectivity index (χ0v) is 8.24. The summed E-state index contributed by atoms with van der Waals surface area (Å²) in [6.45, 7) is 4.29. The predicted molar refractivity (Wildman–Crippen MR) is 52.5 cm³/mol. The highest BCUT2D eigenvalue weighted by atomic mass is 16.6. The van der Waals surface area contributed by atoms with E-state index in [2.05, 4.69) is 6.58 Å². The molecule has 2 rings (SSSR count). The number of rotatable bonds is 2. The normalized spacial score (nSPS) is 31.5. The van der Waals surface area contributed by atoms with Crippen LogP contribution < -0.4 is 0 Å². The van der Waals surface area contributed by atoms with Crippen molar-refractivity contribution in [3.05, 3.63) is 24.2 Å². The van der Waals surface area contributed by atoms with Crippen LogP contribution in [-0.2, 0) is 9.47 Å². The maximum atomic E-state index is 8.94. The Kier molecular flexibility index (Phi) is 2.77. The zero-order valence-electron chi connectivity index (χ0n) is 8.24. The zero-order chi connectivity index (χ0) is 9.97. The number of hydrogen-bond donors (Lipinski definition) is 1. The molecule has 1 aliphatic heterocycles. The van der Waals surface area contributed by atoms with E-state index in [1.165, 1.54) is 0 Å². The van der Waals surface area contributed by atoms with Crippen molar-refractivity contribution in [1.82, 2.24) is 0 Å². The lowest BCUT2D eigenvalue weighted by Gasteiger charge is -2.32. The highest BCUT2D eigenvalue weighted by Crippen LogP contribution is 2.34. The van der Waals surface area contributed by atoms with Crippen LogP contribution in [0.4, 0.5) is 0 Å². The first-order valence-electron chi connectivity index (χ1n) is 5.08. The molecular weight excluding hydrogens is 180 g/mol. The van der Waals surface area contributed by atoms with E-state index in [9.17, 15) is 0 Å². The molecule has 0 aromatic rings. The maximum Gasteiger partial charge on any atom is 0.155 e. The summed E-state index contributed by atoms with van der Waals surface area (Å²) in [4.78, 5) is 0. The molecule has 0 fully saturated rings. The van der Waals surface area contributed by atoms with Gasteiger partial charge in [-0.15, -0.1) is 6.58 Å². The molecule has 0 bridgehead atoms. The third-order valence-corrected chi connectivity index (χ3v) is 2.79. The topological polar surface area (TPSA) is 38.7 Å². The van der Waals surface area contributed by atoms with Gasteiger partial charge in [0.15, 0.2) is 6.10 Å². The molecule has 0 aromatic carbocycles. The highest BCUT2D eigenvalue weighted by Gasteiger charge is 2.28. The van der Waals surface area contributed by atoms with Gasteiger partial charge in [0.2, 0.25) is 0 Å². The van der Waals surface area contributed by atoms with Gasteiger partial charge in [-0.1, -0.05) is 6.08 Å². The van der Waals surface area contributed by atoms with E-state index in [1.807, 2.05) is 6.08 Å². The lowest BCUT2D eigenvalue weighted by Crippen LogP contribution is -2.30. The lowest BCUT2D eigenvalue weighted by molar-refractivity contribution is -0.0435. The van der Waals surface area contributed by atoms with Gasteiger partial charge in [0.25, 0.3) is 0 Å². The number of hydrogen-bond acceptors (Lipinski definition) is 3. The molecule has 3 nitrogen and oxygen atoms in total. The minimum atomic E-state index is -0.172. The van der Waals surface area contributed by atoms with Gasteiger partial charge in [-0.3, -0.25) is 0 Å². The number of aliphatic hydroxyl groups excluding tert-OH is 1. The van der Waals surface area contributed by atoms with E-state index in [4.69, 9.17) is 14.6 Å². The first kappa shape index (κ1) is 9.59. The molecule has 2 unspecified atom stereocenters. The Morgan fingerprint density at radius 1 is 1.50 bits per heavy atom. The van der Waals surface area contributed by atoms with Gasteiger partial charge >= 0.3 is 0 Å². The molecule has 2 atom stereocenters. The summed E-state index contributed by atoms with van der Waals surface area (Å²) in [5, 5.41) is 8.94. The third-order valence-electron chi connectivity index (χ3n) is 2.79. The molecule has 2 aliphatic rings. The van der Waals surface area contributed by atoms with Crippen LogP contribution in [0.2, 0.25) is 0 Å². The van der Waals surface area contributed by atoms with Crippen LogP contribution in [0.25, 0.3) is 0 Å². The Labute approximate surface area is 84.0 Å². The van der Waals surface area contributed by atoms with E-state index in [1.54, 1.807) is 0 Å². The average Bonchev–Trinajstić information content (AvgIpc) is 2.27. The molecule has 14 heavy (non-hydrogen) atoms. The highest BCUT2D eigenvalue weighted by molar-refractivity contribution is 5.11. The molecule has 0 aromatic heterocycles. The second-order valence-corrected chi connectivity index (χ2v) is 3.82. The molecule has 1 heterocycles. The fraction of sp³-hybridized carbons (Fsp3) is 0.636. The Bertz CT molecular complexity index is 257. The standard InChI is InChI=1S/C11H16O3/c1-2-8-3-4-10-11(5-8)13-7-9(6-12)14-10/h2,8-9,12H,1,3-7H2. The summed E-state index contributed by atoms with van der Waals surface area (Å²) in [6.07, 6.45) is 4.68. The van der Waals surface area contributed by atoms with Gasteiger partial charge in [0.1, 0.15) is 18.1 Å². The largest absolute Gasteiger partial charge is 0.490 e. The van der Waals surface area contributed by atoms with Crippen LogP contribution >= 0.6 is 0 Å².